The van der Waals surface area contributed by atoms with Gasteiger partial charge in [-0.3, -0.25) is 9.59 Å². The lowest BCUT2D eigenvalue weighted by Gasteiger charge is -2.31. The Balaban J connectivity index is 1.88. The molecule has 5 nitrogen and oxygen atoms in total. The van der Waals surface area contributed by atoms with Crippen LogP contribution in [0.15, 0.2) is 78.9 Å². The second kappa shape index (κ2) is 11.3. The first-order chi connectivity index (χ1) is 15.5. The minimum atomic E-state index is -0.715. The monoisotopic (exact) mass is 450 g/mol. The van der Waals surface area contributed by atoms with E-state index in [4.69, 9.17) is 16.3 Å². The number of hydrogen-bond donors (Lipinski definition) is 1. The quantitative estimate of drug-likeness (QED) is 0.525. The SMILES string of the molecule is CNC(=O)[C@@H](Cc1ccccc1)N(Cc1ccccc1Cl)C(=O)COc1cccc(C)c1. The molecule has 3 aromatic rings. The molecular weight excluding hydrogens is 424 g/mol. The van der Waals surface area contributed by atoms with Crippen LogP contribution in [0, 0.1) is 6.92 Å². The molecule has 0 aliphatic heterocycles. The number of nitrogens with zero attached hydrogens (tertiary/aromatic N) is 1. The third kappa shape index (κ3) is 6.34. The molecule has 3 aromatic carbocycles. The molecule has 0 heterocycles. The number of ether oxygens (including phenoxy) is 1. The fourth-order valence-electron chi connectivity index (χ4n) is 3.46. The predicted octanol–water partition coefficient (Wildman–Crippen LogP) is 4.41. The number of carbonyl (C=O) groups excluding carboxylic acids is 2. The maximum absolute atomic E-state index is 13.3. The average Bonchev–Trinajstić information content (AvgIpc) is 2.81. The number of rotatable bonds is 9. The van der Waals surface area contributed by atoms with Gasteiger partial charge in [0.1, 0.15) is 11.8 Å². The Labute approximate surface area is 194 Å². The van der Waals surface area contributed by atoms with Crippen LogP contribution in [-0.4, -0.2) is 36.4 Å². The minimum absolute atomic E-state index is 0.184. The van der Waals surface area contributed by atoms with Crippen LogP contribution in [0.5, 0.6) is 5.75 Å². The first-order valence-electron chi connectivity index (χ1n) is 10.5. The first-order valence-corrected chi connectivity index (χ1v) is 10.8. The number of aryl methyl sites for hydroxylation is 1. The van der Waals surface area contributed by atoms with Gasteiger partial charge in [0.15, 0.2) is 6.61 Å². The Morgan fingerprint density at radius 3 is 2.41 bits per heavy atom. The molecule has 0 radical (unpaired) electrons. The summed E-state index contributed by atoms with van der Waals surface area (Å²) in [5.74, 6) is 0.0661. The lowest BCUT2D eigenvalue weighted by Crippen LogP contribution is -2.51. The van der Waals surface area contributed by atoms with Crippen molar-refractivity contribution in [1.29, 1.82) is 0 Å². The second-order valence-corrected chi connectivity index (χ2v) is 7.95. The molecule has 0 unspecified atom stereocenters. The minimum Gasteiger partial charge on any atom is -0.484 e. The molecule has 0 spiro atoms. The van der Waals surface area contributed by atoms with Crippen molar-refractivity contribution >= 4 is 23.4 Å². The van der Waals surface area contributed by atoms with Gasteiger partial charge in [0.05, 0.1) is 0 Å². The van der Waals surface area contributed by atoms with Gasteiger partial charge >= 0.3 is 0 Å². The van der Waals surface area contributed by atoms with Gasteiger partial charge in [-0.1, -0.05) is 72.3 Å². The molecule has 32 heavy (non-hydrogen) atoms. The molecule has 0 saturated carbocycles. The molecule has 0 aromatic heterocycles. The van der Waals surface area contributed by atoms with E-state index in [0.717, 1.165) is 16.7 Å². The Hall–Kier alpha value is -3.31. The highest BCUT2D eigenvalue weighted by atomic mass is 35.5. The van der Waals surface area contributed by atoms with Gasteiger partial charge in [-0.05, 0) is 41.8 Å². The maximum Gasteiger partial charge on any atom is 0.261 e. The van der Waals surface area contributed by atoms with Crippen LogP contribution in [-0.2, 0) is 22.6 Å². The Bertz CT molecular complexity index is 1060. The van der Waals surface area contributed by atoms with Gasteiger partial charge < -0.3 is 15.0 Å². The summed E-state index contributed by atoms with van der Waals surface area (Å²) in [5.41, 5.74) is 2.76. The van der Waals surface area contributed by atoms with Crippen molar-refractivity contribution in [1.82, 2.24) is 10.2 Å². The van der Waals surface area contributed by atoms with Gasteiger partial charge in [0, 0.05) is 25.0 Å². The van der Waals surface area contributed by atoms with Crippen molar-refractivity contribution in [2.24, 2.45) is 0 Å². The van der Waals surface area contributed by atoms with Crippen molar-refractivity contribution in [3.8, 4) is 5.75 Å². The van der Waals surface area contributed by atoms with E-state index >= 15 is 0 Å². The average molecular weight is 451 g/mol. The molecule has 6 heteroatoms. The Morgan fingerprint density at radius 2 is 1.72 bits per heavy atom. The molecule has 1 N–H and O–H groups in total. The summed E-state index contributed by atoms with van der Waals surface area (Å²) in [6.07, 6.45) is 0.376. The highest BCUT2D eigenvalue weighted by Crippen LogP contribution is 2.21. The molecular formula is C26H27ClN2O3. The van der Waals surface area contributed by atoms with Crippen LogP contribution >= 0.6 is 11.6 Å². The highest BCUT2D eigenvalue weighted by Gasteiger charge is 2.30. The topological polar surface area (TPSA) is 58.6 Å². The van der Waals surface area contributed by atoms with Crippen molar-refractivity contribution in [2.45, 2.75) is 25.9 Å². The van der Waals surface area contributed by atoms with E-state index in [9.17, 15) is 9.59 Å². The lowest BCUT2D eigenvalue weighted by molar-refractivity contribution is -0.142. The zero-order valence-electron chi connectivity index (χ0n) is 18.3. The van der Waals surface area contributed by atoms with Crippen LogP contribution in [0.1, 0.15) is 16.7 Å². The normalized spacial score (nSPS) is 11.5. The van der Waals surface area contributed by atoms with Crippen LogP contribution in [0.4, 0.5) is 0 Å². The van der Waals surface area contributed by atoms with E-state index in [0.29, 0.717) is 17.2 Å². The number of carbonyl (C=O) groups is 2. The van der Waals surface area contributed by atoms with Gasteiger partial charge in [-0.15, -0.1) is 0 Å². The van der Waals surface area contributed by atoms with E-state index < -0.39 is 6.04 Å². The van der Waals surface area contributed by atoms with Gasteiger partial charge in [-0.25, -0.2) is 0 Å². The number of benzene rings is 3. The zero-order valence-corrected chi connectivity index (χ0v) is 19.0. The fourth-order valence-corrected chi connectivity index (χ4v) is 3.66. The summed E-state index contributed by atoms with van der Waals surface area (Å²) < 4.78 is 5.76. The smallest absolute Gasteiger partial charge is 0.261 e. The van der Waals surface area contributed by atoms with E-state index in [1.807, 2.05) is 73.7 Å². The van der Waals surface area contributed by atoms with Crippen molar-refractivity contribution in [3.05, 3.63) is 101 Å². The van der Waals surface area contributed by atoms with E-state index in [1.165, 1.54) is 0 Å². The maximum atomic E-state index is 13.3. The molecule has 2 amide bonds. The Morgan fingerprint density at radius 1 is 1.00 bits per heavy atom. The predicted molar refractivity (Wildman–Crippen MR) is 127 cm³/mol. The molecule has 3 rings (SSSR count). The van der Waals surface area contributed by atoms with Crippen molar-refractivity contribution in [2.75, 3.05) is 13.7 Å². The highest BCUT2D eigenvalue weighted by molar-refractivity contribution is 6.31. The fraction of sp³-hybridized carbons (Fsp3) is 0.231. The third-order valence-corrected chi connectivity index (χ3v) is 5.54. The molecule has 0 saturated heterocycles. The zero-order chi connectivity index (χ0) is 22.9. The van der Waals surface area contributed by atoms with Crippen molar-refractivity contribution in [3.63, 3.8) is 0 Å². The standard InChI is InChI=1S/C26H27ClN2O3/c1-19-9-8-13-22(15-19)32-18-25(30)29(17-21-12-6-7-14-23(21)27)24(26(31)28-2)16-20-10-4-3-5-11-20/h3-15,24H,16-18H2,1-2H3,(H,28,31)/t24-/m1/s1. The number of nitrogens with one attached hydrogen (secondary N) is 1. The molecule has 0 bridgehead atoms. The molecule has 166 valence electrons. The van der Waals surface area contributed by atoms with Crippen molar-refractivity contribution < 1.29 is 14.3 Å². The summed E-state index contributed by atoms with van der Waals surface area (Å²) in [6, 6.07) is 23.7. The van der Waals surface area contributed by atoms with Crippen LogP contribution in [0.25, 0.3) is 0 Å². The van der Waals surface area contributed by atoms with Crippen LogP contribution < -0.4 is 10.1 Å². The summed E-state index contributed by atoms with van der Waals surface area (Å²) in [5, 5.41) is 3.24. The number of halogens is 1. The largest absolute Gasteiger partial charge is 0.484 e. The molecule has 0 aliphatic rings. The number of hydrogen-bond acceptors (Lipinski definition) is 3. The van der Waals surface area contributed by atoms with Crippen LogP contribution in [0.3, 0.4) is 0 Å². The van der Waals surface area contributed by atoms with Gasteiger partial charge in [-0.2, -0.15) is 0 Å². The van der Waals surface area contributed by atoms with Gasteiger partial charge in [0.25, 0.3) is 5.91 Å². The van der Waals surface area contributed by atoms with E-state index in [-0.39, 0.29) is 25.0 Å². The van der Waals surface area contributed by atoms with Gasteiger partial charge in [0.2, 0.25) is 5.91 Å². The number of amides is 2. The summed E-state index contributed by atoms with van der Waals surface area (Å²) in [6.45, 7) is 1.97. The summed E-state index contributed by atoms with van der Waals surface area (Å²) in [7, 11) is 1.57. The molecule has 0 fully saturated rings. The number of likely N-dealkylation sites (N-methyl/N-ethyl adjacent to an activating group) is 1. The molecule has 1 atom stereocenters. The molecule has 0 aliphatic carbocycles. The third-order valence-electron chi connectivity index (χ3n) is 5.17. The van der Waals surface area contributed by atoms with E-state index in [1.54, 1.807) is 24.1 Å². The summed E-state index contributed by atoms with van der Waals surface area (Å²) in [4.78, 5) is 27.8. The van der Waals surface area contributed by atoms with E-state index in [2.05, 4.69) is 5.32 Å². The second-order valence-electron chi connectivity index (χ2n) is 7.54. The lowest BCUT2D eigenvalue weighted by atomic mass is 10.0. The first kappa shape index (κ1) is 23.4. The summed E-state index contributed by atoms with van der Waals surface area (Å²) >= 11 is 6.37. The van der Waals surface area contributed by atoms with Crippen LogP contribution in [0.2, 0.25) is 5.02 Å². The Kier molecular flexibility index (Phi) is 8.28.